The van der Waals surface area contributed by atoms with Gasteiger partial charge in [-0.15, -0.1) is 0 Å². The van der Waals surface area contributed by atoms with Crippen LogP contribution < -0.4 is 10.5 Å². The van der Waals surface area contributed by atoms with Crippen molar-refractivity contribution in [2.24, 2.45) is 5.73 Å². The number of halogens is 1. The van der Waals surface area contributed by atoms with Gasteiger partial charge in [-0.25, -0.2) is 8.42 Å². The standard InChI is InChI=1S/C13H18ClN3O2S2/c1-17-8-6-13(7-9-17,12(15)20)16-21(18,19)11-4-2-10(14)3-5-11/h2-5,16H,6-9H2,1H3,(H2,15,20). The SMILES string of the molecule is CN1CCC(NS(=O)(=O)c2ccc(Cl)cc2)(C(N)=S)CC1. The van der Waals surface area contributed by atoms with Crippen molar-refractivity contribution in [3.63, 3.8) is 0 Å². The summed E-state index contributed by atoms with van der Waals surface area (Å²) in [4.78, 5) is 2.46. The molecule has 1 fully saturated rings. The molecule has 0 aliphatic carbocycles. The summed E-state index contributed by atoms with van der Waals surface area (Å²) in [6, 6.07) is 6.01. The Kier molecular flexibility index (Phi) is 4.89. The topological polar surface area (TPSA) is 75.4 Å². The van der Waals surface area contributed by atoms with Crippen LogP contribution in [0.2, 0.25) is 5.02 Å². The van der Waals surface area contributed by atoms with E-state index < -0.39 is 15.6 Å². The summed E-state index contributed by atoms with van der Waals surface area (Å²) in [7, 11) is -1.71. The summed E-state index contributed by atoms with van der Waals surface area (Å²) in [5.74, 6) is 0. The molecule has 1 aliphatic rings. The molecule has 0 radical (unpaired) electrons. The minimum Gasteiger partial charge on any atom is -0.392 e. The normalized spacial score (nSPS) is 19.3. The molecule has 0 unspecified atom stereocenters. The highest BCUT2D eigenvalue weighted by Gasteiger charge is 2.40. The molecule has 1 aromatic carbocycles. The Morgan fingerprint density at radius 3 is 2.33 bits per heavy atom. The third-order valence-corrected chi connectivity index (χ3v) is 5.96. The molecular formula is C13H18ClN3O2S2. The van der Waals surface area contributed by atoms with E-state index >= 15 is 0 Å². The van der Waals surface area contributed by atoms with Crippen LogP contribution >= 0.6 is 23.8 Å². The molecule has 1 aliphatic heterocycles. The van der Waals surface area contributed by atoms with Crippen LogP contribution in [0.1, 0.15) is 12.8 Å². The van der Waals surface area contributed by atoms with Crippen LogP contribution in [0.25, 0.3) is 0 Å². The number of benzene rings is 1. The molecule has 21 heavy (non-hydrogen) atoms. The maximum absolute atomic E-state index is 12.5. The predicted octanol–water partition coefficient (Wildman–Crippen LogP) is 1.37. The molecule has 5 nitrogen and oxygen atoms in total. The Morgan fingerprint density at radius 2 is 1.86 bits per heavy atom. The first kappa shape index (κ1) is 16.6. The van der Waals surface area contributed by atoms with E-state index in [4.69, 9.17) is 29.6 Å². The highest BCUT2D eigenvalue weighted by atomic mass is 35.5. The van der Waals surface area contributed by atoms with E-state index in [1.165, 1.54) is 24.3 Å². The van der Waals surface area contributed by atoms with Crippen molar-refractivity contribution in [3.8, 4) is 0 Å². The number of nitrogens with two attached hydrogens (primary N) is 1. The van der Waals surface area contributed by atoms with Crippen molar-refractivity contribution in [2.45, 2.75) is 23.3 Å². The van der Waals surface area contributed by atoms with Crippen LogP contribution in [0.5, 0.6) is 0 Å². The van der Waals surface area contributed by atoms with Crippen LogP contribution in [0.4, 0.5) is 0 Å². The minimum atomic E-state index is -3.69. The van der Waals surface area contributed by atoms with Crippen molar-refractivity contribution in [3.05, 3.63) is 29.3 Å². The lowest BCUT2D eigenvalue weighted by atomic mass is 9.89. The molecule has 0 amide bonds. The summed E-state index contributed by atoms with van der Waals surface area (Å²) in [5.41, 5.74) is 4.96. The number of sulfonamides is 1. The van der Waals surface area contributed by atoms with Gasteiger partial charge in [-0.1, -0.05) is 23.8 Å². The molecule has 2 rings (SSSR count). The first-order valence-electron chi connectivity index (χ1n) is 6.53. The zero-order valence-electron chi connectivity index (χ0n) is 11.7. The Bertz CT molecular complexity index is 623. The van der Waals surface area contributed by atoms with Gasteiger partial charge >= 0.3 is 0 Å². The van der Waals surface area contributed by atoms with E-state index in [1.54, 1.807) is 0 Å². The van der Waals surface area contributed by atoms with E-state index in [1.807, 2.05) is 7.05 Å². The average molecular weight is 348 g/mol. The first-order chi connectivity index (χ1) is 9.75. The van der Waals surface area contributed by atoms with Gasteiger partial charge in [0, 0.05) is 18.1 Å². The van der Waals surface area contributed by atoms with Crippen LogP contribution in [-0.4, -0.2) is 44.0 Å². The number of nitrogens with one attached hydrogen (secondary N) is 1. The zero-order valence-corrected chi connectivity index (χ0v) is 14.1. The molecule has 0 aromatic heterocycles. The van der Waals surface area contributed by atoms with Crippen LogP contribution in [0.3, 0.4) is 0 Å². The first-order valence-corrected chi connectivity index (χ1v) is 8.80. The maximum atomic E-state index is 12.5. The summed E-state index contributed by atoms with van der Waals surface area (Å²) < 4.78 is 27.7. The van der Waals surface area contributed by atoms with Gasteiger partial charge in [0.25, 0.3) is 0 Å². The summed E-state index contributed by atoms with van der Waals surface area (Å²) in [5, 5.41) is 0.484. The molecule has 0 spiro atoms. The Hall–Kier alpha value is -0.730. The average Bonchev–Trinajstić information content (AvgIpc) is 2.41. The number of hydrogen-bond donors (Lipinski definition) is 2. The third kappa shape index (κ3) is 3.73. The van der Waals surface area contributed by atoms with E-state index in [0.717, 1.165) is 13.1 Å². The van der Waals surface area contributed by atoms with E-state index in [-0.39, 0.29) is 9.88 Å². The minimum absolute atomic E-state index is 0.154. The second kappa shape index (κ2) is 6.18. The second-order valence-electron chi connectivity index (χ2n) is 5.31. The highest BCUT2D eigenvalue weighted by molar-refractivity contribution is 7.89. The summed E-state index contributed by atoms with van der Waals surface area (Å²) in [6.45, 7) is 1.47. The van der Waals surface area contributed by atoms with Crippen molar-refractivity contribution in [1.29, 1.82) is 0 Å². The van der Waals surface area contributed by atoms with Gasteiger partial charge < -0.3 is 10.6 Å². The van der Waals surface area contributed by atoms with Crippen molar-refractivity contribution >= 4 is 38.8 Å². The van der Waals surface area contributed by atoms with Gasteiger partial charge in [-0.2, -0.15) is 4.72 Å². The largest absolute Gasteiger partial charge is 0.392 e. The molecule has 116 valence electrons. The Labute approximate surface area is 135 Å². The van der Waals surface area contributed by atoms with Gasteiger partial charge in [0.15, 0.2) is 0 Å². The molecule has 0 atom stereocenters. The lowest BCUT2D eigenvalue weighted by Crippen LogP contribution is -2.61. The molecule has 1 heterocycles. The molecular weight excluding hydrogens is 330 g/mol. The Balaban J connectivity index is 2.28. The van der Waals surface area contributed by atoms with Crippen LogP contribution in [-0.2, 0) is 10.0 Å². The summed E-state index contributed by atoms with van der Waals surface area (Å²) >= 11 is 10.9. The molecule has 3 N–H and O–H groups in total. The zero-order chi connectivity index (χ0) is 15.7. The predicted molar refractivity (Wildman–Crippen MR) is 88.0 cm³/mol. The van der Waals surface area contributed by atoms with E-state index in [0.29, 0.717) is 17.9 Å². The highest BCUT2D eigenvalue weighted by Crippen LogP contribution is 2.25. The number of nitrogens with zero attached hydrogens (tertiary/aromatic N) is 1. The lowest BCUT2D eigenvalue weighted by Gasteiger charge is -2.40. The van der Waals surface area contributed by atoms with Gasteiger partial charge in [0.2, 0.25) is 10.0 Å². The Morgan fingerprint density at radius 1 is 1.33 bits per heavy atom. The van der Waals surface area contributed by atoms with Gasteiger partial charge in [0.05, 0.1) is 15.4 Å². The number of rotatable bonds is 4. The fraction of sp³-hybridized carbons (Fsp3) is 0.462. The second-order valence-corrected chi connectivity index (χ2v) is 7.87. The number of thiocarbonyl (C=S) groups is 1. The van der Waals surface area contributed by atoms with Crippen molar-refractivity contribution < 1.29 is 8.42 Å². The van der Waals surface area contributed by atoms with E-state index in [9.17, 15) is 8.42 Å². The monoisotopic (exact) mass is 347 g/mol. The molecule has 0 saturated carbocycles. The molecule has 1 saturated heterocycles. The van der Waals surface area contributed by atoms with Crippen molar-refractivity contribution in [1.82, 2.24) is 9.62 Å². The number of piperidine rings is 1. The third-order valence-electron chi connectivity index (χ3n) is 3.77. The van der Waals surface area contributed by atoms with Crippen LogP contribution in [0, 0.1) is 0 Å². The molecule has 0 bridgehead atoms. The van der Waals surface area contributed by atoms with Gasteiger partial charge in [-0.3, -0.25) is 0 Å². The van der Waals surface area contributed by atoms with Gasteiger partial charge in [0.1, 0.15) is 0 Å². The smallest absolute Gasteiger partial charge is 0.241 e. The van der Waals surface area contributed by atoms with E-state index in [2.05, 4.69) is 9.62 Å². The molecule has 8 heteroatoms. The fourth-order valence-corrected chi connectivity index (χ4v) is 4.22. The number of hydrogen-bond acceptors (Lipinski definition) is 4. The quantitative estimate of drug-likeness (QED) is 0.804. The van der Waals surface area contributed by atoms with Crippen molar-refractivity contribution in [2.75, 3.05) is 20.1 Å². The summed E-state index contributed by atoms with van der Waals surface area (Å²) in [6.07, 6.45) is 1.12. The fourth-order valence-electron chi connectivity index (χ4n) is 2.33. The van der Waals surface area contributed by atoms with Gasteiger partial charge in [-0.05, 0) is 44.2 Å². The number of likely N-dealkylation sites (tertiary alicyclic amines) is 1. The maximum Gasteiger partial charge on any atom is 0.241 e. The lowest BCUT2D eigenvalue weighted by molar-refractivity contribution is 0.220. The molecule has 1 aromatic rings. The van der Waals surface area contributed by atoms with Crippen LogP contribution in [0.15, 0.2) is 29.2 Å².